The van der Waals surface area contributed by atoms with Crippen molar-refractivity contribution in [2.75, 3.05) is 13.2 Å². The zero-order valence-electron chi connectivity index (χ0n) is 7.53. The van der Waals surface area contributed by atoms with Gasteiger partial charge in [0.2, 0.25) is 0 Å². The first-order valence-electron chi connectivity index (χ1n) is 4.43. The van der Waals surface area contributed by atoms with E-state index < -0.39 is 12.8 Å². The van der Waals surface area contributed by atoms with Crippen LogP contribution in [0.25, 0.3) is 0 Å². The molecule has 0 saturated heterocycles. The van der Waals surface area contributed by atoms with Crippen LogP contribution in [0.2, 0.25) is 0 Å². The predicted molar refractivity (Wildman–Crippen MR) is 42.5 cm³/mol. The van der Waals surface area contributed by atoms with E-state index in [1.807, 2.05) is 6.92 Å². The van der Waals surface area contributed by atoms with Gasteiger partial charge in [-0.05, 0) is 19.4 Å². The van der Waals surface area contributed by atoms with E-state index in [1.54, 1.807) is 0 Å². The second-order valence-corrected chi connectivity index (χ2v) is 3.27. The molecule has 78 valence electrons. The van der Waals surface area contributed by atoms with Crippen molar-refractivity contribution in [2.24, 2.45) is 0 Å². The number of alkyl halides is 3. The van der Waals surface area contributed by atoms with E-state index in [2.05, 4.69) is 10.1 Å². The molecular formula is C8H14F3NO. The van der Waals surface area contributed by atoms with Crippen molar-refractivity contribution in [1.82, 2.24) is 5.32 Å². The summed E-state index contributed by atoms with van der Waals surface area (Å²) >= 11 is 0. The molecule has 0 spiro atoms. The van der Waals surface area contributed by atoms with Gasteiger partial charge in [-0.3, -0.25) is 0 Å². The molecule has 1 aliphatic rings. The molecule has 1 rings (SSSR count). The lowest BCUT2D eigenvalue weighted by atomic mass is 9.89. The molecule has 0 aromatic carbocycles. The van der Waals surface area contributed by atoms with E-state index in [-0.39, 0.29) is 6.10 Å². The third kappa shape index (κ3) is 3.95. The van der Waals surface area contributed by atoms with Gasteiger partial charge in [0, 0.05) is 6.04 Å². The molecule has 1 saturated carbocycles. The third-order valence-electron chi connectivity index (χ3n) is 2.07. The molecule has 1 fully saturated rings. The van der Waals surface area contributed by atoms with Gasteiger partial charge in [-0.25, -0.2) is 0 Å². The number of hydrogen-bond acceptors (Lipinski definition) is 2. The summed E-state index contributed by atoms with van der Waals surface area (Å²) in [5, 5.41) is 3.15. The van der Waals surface area contributed by atoms with E-state index in [9.17, 15) is 13.2 Å². The quantitative estimate of drug-likeness (QED) is 0.740. The van der Waals surface area contributed by atoms with Gasteiger partial charge in [-0.2, -0.15) is 13.2 Å². The maximum atomic E-state index is 11.7. The summed E-state index contributed by atoms with van der Waals surface area (Å²) in [6, 6.07) is 0.350. The van der Waals surface area contributed by atoms with Crippen LogP contribution in [0, 0.1) is 0 Å². The second kappa shape index (κ2) is 4.28. The first kappa shape index (κ1) is 10.8. The van der Waals surface area contributed by atoms with Gasteiger partial charge in [0.25, 0.3) is 0 Å². The summed E-state index contributed by atoms with van der Waals surface area (Å²) in [5.41, 5.74) is 0. The van der Waals surface area contributed by atoms with Crippen molar-refractivity contribution >= 4 is 0 Å². The highest BCUT2D eigenvalue weighted by Gasteiger charge is 2.34. The van der Waals surface area contributed by atoms with E-state index in [0.717, 1.165) is 6.54 Å². The van der Waals surface area contributed by atoms with Crippen LogP contribution in [-0.2, 0) is 4.74 Å². The van der Waals surface area contributed by atoms with Crippen LogP contribution in [0.3, 0.4) is 0 Å². The minimum absolute atomic E-state index is 0.203. The highest BCUT2D eigenvalue weighted by molar-refractivity contribution is 4.85. The Bertz CT molecular complexity index is 154. The Morgan fingerprint density at radius 3 is 2.46 bits per heavy atom. The smallest absolute Gasteiger partial charge is 0.369 e. The zero-order valence-corrected chi connectivity index (χ0v) is 7.53. The summed E-state index contributed by atoms with van der Waals surface area (Å²) < 4.78 is 39.7. The maximum absolute atomic E-state index is 11.7. The molecule has 0 amide bonds. The van der Waals surface area contributed by atoms with E-state index in [0.29, 0.717) is 18.9 Å². The number of hydrogen-bond donors (Lipinski definition) is 1. The van der Waals surface area contributed by atoms with Crippen molar-refractivity contribution in [2.45, 2.75) is 38.1 Å². The lowest BCUT2D eigenvalue weighted by Crippen LogP contribution is -2.46. The van der Waals surface area contributed by atoms with Gasteiger partial charge in [0.1, 0.15) is 6.61 Å². The average Bonchev–Trinajstić information content (AvgIpc) is 1.91. The van der Waals surface area contributed by atoms with Crippen LogP contribution in [-0.4, -0.2) is 31.5 Å². The number of halogens is 3. The summed E-state index contributed by atoms with van der Waals surface area (Å²) in [4.78, 5) is 0. The lowest BCUT2D eigenvalue weighted by molar-refractivity contribution is -0.194. The van der Waals surface area contributed by atoms with Crippen LogP contribution in [0.1, 0.15) is 19.8 Å². The fourth-order valence-electron chi connectivity index (χ4n) is 1.37. The topological polar surface area (TPSA) is 21.3 Å². The van der Waals surface area contributed by atoms with Gasteiger partial charge in [-0.15, -0.1) is 0 Å². The molecule has 2 nitrogen and oxygen atoms in total. The van der Waals surface area contributed by atoms with Crippen molar-refractivity contribution in [3.63, 3.8) is 0 Å². The van der Waals surface area contributed by atoms with E-state index in [4.69, 9.17) is 0 Å². The molecule has 0 aromatic heterocycles. The Morgan fingerprint density at radius 2 is 2.00 bits per heavy atom. The van der Waals surface area contributed by atoms with Crippen molar-refractivity contribution in [3.05, 3.63) is 0 Å². The Kier molecular flexibility index (Phi) is 3.55. The van der Waals surface area contributed by atoms with Gasteiger partial charge in [0.15, 0.2) is 0 Å². The Hall–Kier alpha value is -0.290. The third-order valence-corrected chi connectivity index (χ3v) is 2.07. The molecule has 0 atom stereocenters. The van der Waals surface area contributed by atoms with Crippen LogP contribution in [0.4, 0.5) is 13.2 Å². The molecule has 0 aliphatic heterocycles. The largest absolute Gasteiger partial charge is 0.411 e. The fourth-order valence-corrected chi connectivity index (χ4v) is 1.37. The van der Waals surface area contributed by atoms with Crippen LogP contribution in [0.15, 0.2) is 0 Å². The van der Waals surface area contributed by atoms with Gasteiger partial charge < -0.3 is 10.1 Å². The first-order valence-corrected chi connectivity index (χ1v) is 4.43. The van der Waals surface area contributed by atoms with E-state index >= 15 is 0 Å². The molecule has 13 heavy (non-hydrogen) atoms. The monoisotopic (exact) mass is 197 g/mol. The van der Waals surface area contributed by atoms with Gasteiger partial charge in [-0.1, -0.05) is 6.92 Å². The normalized spacial score (nSPS) is 28.6. The number of rotatable bonds is 4. The summed E-state index contributed by atoms with van der Waals surface area (Å²) in [6.45, 7) is 1.72. The Morgan fingerprint density at radius 1 is 1.38 bits per heavy atom. The van der Waals surface area contributed by atoms with E-state index in [1.165, 1.54) is 0 Å². The molecule has 1 N–H and O–H groups in total. The first-order chi connectivity index (χ1) is 6.01. The Labute approximate surface area is 75.4 Å². The lowest BCUT2D eigenvalue weighted by Gasteiger charge is -2.35. The molecular weight excluding hydrogens is 183 g/mol. The maximum Gasteiger partial charge on any atom is 0.411 e. The number of ether oxygens (including phenoxy) is 1. The number of nitrogens with one attached hydrogen (secondary N) is 1. The standard InChI is InChI=1S/C8H14F3NO/c1-2-12-6-3-7(4-6)13-5-8(9,10)11/h6-7,12H,2-5H2,1H3. The van der Waals surface area contributed by atoms with Crippen LogP contribution >= 0.6 is 0 Å². The van der Waals surface area contributed by atoms with Crippen molar-refractivity contribution in [3.8, 4) is 0 Å². The minimum Gasteiger partial charge on any atom is -0.369 e. The molecule has 5 heteroatoms. The predicted octanol–water partition coefficient (Wildman–Crippen LogP) is 1.71. The fraction of sp³-hybridized carbons (Fsp3) is 1.00. The molecule has 1 aliphatic carbocycles. The van der Waals surface area contributed by atoms with Crippen LogP contribution < -0.4 is 5.32 Å². The van der Waals surface area contributed by atoms with Gasteiger partial charge in [0.05, 0.1) is 6.10 Å². The molecule has 0 bridgehead atoms. The highest BCUT2D eigenvalue weighted by Crippen LogP contribution is 2.25. The molecule has 0 radical (unpaired) electrons. The van der Waals surface area contributed by atoms with Crippen LogP contribution in [0.5, 0.6) is 0 Å². The molecule has 0 heterocycles. The molecule has 0 unspecified atom stereocenters. The summed E-state index contributed by atoms with van der Waals surface area (Å²) in [7, 11) is 0. The van der Waals surface area contributed by atoms with Crippen molar-refractivity contribution < 1.29 is 17.9 Å². The summed E-state index contributed by atoms with van der Waals surface area (Å²) in [6.07, 6.45) is -3.00. The Balaban J connectivity index is 2.02. The molecule has 0 aromatic rings. The summed E-state index contributed by atoms with van der Waals surface area (Å²) in [5.74, 6) is 0. The van der Waals surface area contributed by atoms with Gasteiger partial charge >= 0.3 is 6.18 Å². The average molecular weight is 197 g/mol. The zero-order chi connectivity index (χ0) is 9.90. The second-order valence-electron chi connectivity index (χ2n) is 3.27. The SMILES string of the molecule is CCNC1CC(OCC(F)(F)F)C1. The van der Waals surface area contributed by atoms with Crippen molar-refractivity contribution in [1.29, 1.82) is 0 Å². The highest BCUT2D eigenvalue weighted by atomic mass is 19.4. The minimum atomic E-state index is -4.19.